The summed E-state index contributed by atoms with van der Waals surface area (Å²) in [5.41, 5.74) is 8.32. The third kappa shape index (κ3) is 6.48. The van der Waals surface area contributed by atoms with E-state index in [1.165, 1.54) is 36.8 Å². The highest BCUT2D eigenvalue weighted by atomic mass is 16.5. The van der Waals surface area contributed by atoms with Gasteiger partial charge in [0.1, 0.15) is 5.75 Å². The van der Waals surface area contributed by atoms with Crippen molar-refractivity contribution in [2.45, 2.75) is 76.7 Å². The molecule has 2 rings (SSSR count). The highest BCUT2D eigenvalue weighted by Gasteiger charge is 2.25. The molecular formula is C22H35NO2. The molecule has 0 saturated carbocycles. The summed E-state index contributed by atoms with van der Waals surface area (Å²) in [6.45, 7) is 4.96. The average Bonchev–Trinajstić information content (AvgIpc) is 2.79. The number of benzene rings is 1. The summed E-state index contributed by atoms with van der Waals surface area (Å²) < 4.78 is 5.97. The fourth-order valence-electron chi connectivity index (χ4n) is 3.49. The van der Waals surface area contributed by atoms with E-state index in [1.54, 1.807) is 0 Å². The highest BCUT2D eigenvalue weighted by Crippen LogP contribution is 2.34. The fraction of sp³-hybridized carbons (Fsp3) is 0.636. The molecule has 0 amide bonds. The standard InChI is InChI=1S/C22H35NO2/c1-3-4-5-6-9-14-25-20-12-13-21-18(15-20)10-7-8-11-19(21)16-22(2,23)17-24/h8,11-13,15,19,24H,3-7,9-10,14,16-17,23H2,1-2H3/t19-,22-/m1/s1. The van der Waals surface area contributed by atoms with Crippen molar-refractivity contribution in [1.82, 2.24) is 0 Å². The molecule has 1 aromatic carbocycles. The quantitative estimate of drug-likeness (QED) is 0.476. The van der Waals surface area contributed by atoms with Crippen LogP contribution in [-0.2, 0) is 6.42 Å². The molecule has 0 spiro atoms. The first-order chi connectivity index (χ1) is 12.1. The molecule has 0 aliphatic heterocycles. The summed E-state index contributed by atoms with van der Waals surface area (Å²) in [6, 6.07) is 6.48. The van der Waals surface area contributed by atoms with Crippen LogP contribution in [0.15, 0.2) is 30.4 Å². The average molecular weight is 346 g/mol. The second kappa shape index (κ2) is 9.98. The highest BCUT2D eigenvalue weighted by molar-refractivity contribution is 5.41. The van der Waals surface area contributed by atoms with Gasteiger partial charge in [0.15, 0.2) is 0 Å². The van der Waals surface area contributed by atoms with Crippen molar-refractivity contribution in [3.8, 4) is 5.75 Å². The first-order valence-corrected chi connectivity index (χ1v) is 9.88. The molecule has 3 nitrogen and oxygen atoms in total. The molecule has 2 atom stereocenters. The molecule has 25 heavy (non-hydrogen) atoms. The first-order valence-electron chi connectivity index (χ1n) is 9.88. The summed E-state index contributed by atoms with van der Waals surface area (Å²) >= 11 is 0. The van der Waals surface area contributed by atoms with Crippen LogP contribution in [0.1, 0.15) is 75.8 Å². The molecular weight excluding hydrogens is 310 g/mol. The van der Waals surface area contributed by atoms with Gasteiger partial charge in [-0.2, -0.15) is 0 Å². The van der Waals surface area contributed by atoms with Gasteiger partial charge in [0, 0.05) is 11.5 Å². The van der Waals surface area contributed by atoms with E-state index in [0.29, 0.717) is 0 Å². The third-order valence-electron chi connectivity index (χ3n) is 5.03. The van der Waals surface area contributed by atoms with Gasteiger partial charge in [0.2, 0.25) is 0 Å². The van der Waals surface area contributed by atoms with Crippen LogP contribution in [0.5, 0.6) is 5.75 Å². The van der Waals surface area contributed by atoms with Crippen LogP contribution in [0.2, 0.25) is 0 Å². The predicted molar refractivity (Wildman–Crippen MR) is 105 cm³/mol. The monoisotopic (exact) mass is 345 g/mol. The zero-order valence-corrected chi connectivity index (χ0v) is 16.0. The number of hydrogen-bond acceptors (Lipinski definition) is 3. The molecule has 0 radical (unpaired) electrons. The first kappa shape index (κ1) is 20.0. The second-order valence-electron chi connectivity index (χ2n) is 7.71. The van der Waals surface area contributed by atoms with Gasteiger partial charge < -0.3 is 15.6 Å². The van der Waals surface area contributed by atoms with E-state index < -0.39 is 5.54 Å². The second-order valence-corrected chi connectivity index (χ2v) is 7.71. The van der Waals surface area contributed by atoms with E-state index in [9.17, 15) is 5.11 Å². The third-order valence-corrected chi connectivity index (χ3v) is 5.03. The number of rotatable bonds is 10. The lowest BCUT2D eigenvalue weighted by molar-refractivity contribution is 0.197. The van der Waals surface area contributed by atoms with Gasteiger partial charge in [0.05, 0.1) is 13.2 Å². The topological polar surface area (TPSA) is 55.5 Å². The molecule has 0 saturated heterocycles. The van der Waals surface area contributed by atoms with Gasteiger partial charge in [0.25, 0.3) is 0 Å². The molecule has 3 heteroatoms. The summed E-state index contributed by atoms with van der Waals surface area (Å²) in [5.74, 6) is 1.25. The summed E-state index contributed by atoms with van der Waals surface area (Å²) in [4.78, 5) is 0. The van der Waals surface area contributed by atoms with Gasteiger partial charge in [-0.15, -0.1) is 0 Å². The Morgan fingerprint density at radius 2 is 2.04 bits per heavy atom. The number of unbranched alkanes of at least 4 members (excludes halogenated alkanes) is 4. The van der Waals surface area contributed by atoms with Crippen LogP contribution in [-0.4, -0.2) is 23.9 Å². The summed E-state index contributed by atoms with van der Waals surface area (Å²) in [7, 11) is 0. The van der Waals surface area contributed by atoms with Crippen molar-refractivity contribution < 1.29 is 9.84 Å². The molecule has 140 valence electrons. The number of fused-ring (bicyclic) bond motifs is 1. The fourth-order valence-corrected chi connectivity index (χ4v) is 3.49. The van der Waals surface area contributed by atoms with Crippen molar-refractivity contribution >= 4 is 0 Å². The van der Waals surface area contributed by atoms with Crippen LogP contribution in [0.25, 0.3) is 0 Å². The number of aryl methyl sites for hydroxylation is 1. The zero-order chi connectivity index (χ0) is 18.1. The van der Waals surface area contributed by atoms with Gasteiger partial charge in [-0.1, -0.05) is 50.8 Å². The Kier molecular flexibility index (Phi) is 7.98. The van der Waals surface area contributed by atoms with Crippen molar-refractivity contribution in [3.63, 3.8) is 0 Å². The molecule has 0 heterocycles. The van der Waals surface area contributed by atoms with Crippen LogP contribution >= 0.6 is 0 Å². The van der Waals surface area contributed by atoms with E-state index in [-0.39, 0.29) is 12.5 Å². The molecule has 0 aromatic heterocycles. The van der Waals surface area contributed by atoms with Crippen molar-refractivity contribution in [3.05, 3.63) is 41.5 Å². The Balaban J connectivity index is 1.97. The van der Waals surface area contributed by atoms with Gasteiger partial charge in [-0.05, 0) is 55.9 Å². The Morgan fingerprint density at radius 1 is 1.24 bits per heavy atom. The molecule has 1 aliphatic rings. The minimum Gasteiger partial charge on any atom is -0.494 e. The Labute approximate surface area is 153 Å². The smallest absolute Gasteiger partial charge is 0.119 e. The van der Waals surface area contributed by atoms with E-state index in [2.05, 4.69) is 37.3 Å². The number of allylic oxidation sites excluding steroid dienone is 2. The Morgan fingerprint density at radius 3 is 2.80 bits per heavy atom. The van der Waals surface area contributed by atoms with Crippen molar-refractivity contribution in [2.24, 2.45) is 5.73 Å². The molecule has 1 aliphatic carbocycles. The van der Waals surface area contributed by atoms with Crippen LogP contribution in [0.3, 0.4) is 0 Å². The van der Waals surface area contributed by atoms with Gasteiger partial charge >= 0.3 is 0 Å². The lowest BCUT2D eigenvalue weighted by Gasteiger charge is -2.27. The van der Waals surface area contributed by atoms with Crippen LogP contribution in [0.4, 0.5) is 0 Å². The molecule has 1 aromatic rings. The number of hydrogen-bond donors (Lipinski definition) is 2. The number of ether oxygens (including phenoxy) is 1. The maximum absolute atomic E-state index is 9.49. The Hall–Kier alpha value is -1.32. The van der Waals surface area contributed by atoms with Gasteiger partial charge in [-0.3, -0.25) is 0 Å². The van der Waals surface area contributed by atoms with Crippen molar-refractivity contribution in [2.75, 3.05) is 13.2 Å². The number of aliphatic hydroxyl groups excluding tert-OH is 1. The van der Waals surface area contributed by atoms with Crippen LogP contribution in [0, 0.1) is 0 Å². The largest absolute Gasteiger partial charge is 0.494 e. The SMILES string of the molecule is CCCCCCCOc1ccc2c(c1)CCC=C[C@@H]2C[C@@](C)(N)CO. The minimum absolute atomic E-state index is 0.00585. The molecule has 0 unspecified atom stereocenters. The molecule has 0 fully saturated rings. The molecule has 0 bridgehead atoms. The number of nitrogens with two attached hydrogens (primary N) is 1. The van der Waals surface area contributed by atoms with Gasteiger partial charge in [-0.25, -0.2) is 0 Å². The lowest BCUT2D eigenvalue weighted by Crippen LogP contribution is -2.41. The molecule has 3 N–H and O–H groups in total. The van der Waals surface area contributed by atoms with E-state index >= 15 is 0 Å². The van der Waals surface area contributed by atoms with E-state index in [1.807, 2.05) is 6.92 Å². The van der Waals surface area contributed by atoms with E-state index in [4.69, 9.17) is 10.5 Å². The minimum atomic E-state index is -0.551. The summed E-state index contributed by atoms with van der Waals surface area (Å²) in [5, 5.41) is 9.49. The maximum Gasteiger partial charge on any atom is 0.119 e. The lowest BCUT2D eigenvalue weighted by atomic mass is 9.84. The van der Waals surface area contributed by atoms with E-state index in [0.717, 1.165) is 38.0 Å². The maximum atomic E-state index is 9.49. The van der Waals surface area contributed by atoms with Crippen molar-refractivity contribution in [1.29, 1.82) is 0 Å². The number of aliphatic hydroxyl groups is 1. The van der Waals surface area contributed by atoms with Crippen LogP contribution < -0.4 is 10.5 Å². The normalized spacial score (nSPS) is 19.1. The summed E-state index contributed by atoms with van der Waals surface area (Å²) in [6.07, 6.45) is 13.6. The predicted octanol–water partition coefficient (Wildman–Crippen LogP) is 4.72. The Bertz CT molecular complexity index is 551. The zero-order valence-electron chi connectivity index (χ0n) is 16.0.